The minimum atomic E-state index is -0.691. The molecule has 1 aliphatic carbocycles. The molecule has 2 aromatic carbocycles. The first-order valence-corrected chi connectivity index (χ1v) is 11.6. The van der Waals surface area contributed by atoms with Gasteiger partial charge in [0.15, 0.2) is 0 Å². The average Bonchev–Trinajstić information content (AvgIpc) is 3.74. The van der Waals surface area contributed by atoms with Crippen molar-refractivity contribution in [1.82, 2.24) is 15.0 Å². The number of hydroxylamine groups is 2. The van der Waals surface area contributed by atoms with Crippen molar-refractivity contribution in [2.24, 2.45) is 4.99 Å². The molecule has 2 aliphatic heterocycles. The van der Waals surface area contributed by atoms with E-state index in [1.54, 1.807) is 44.0 Å². The third kappa shape index (κ3) is 4.93. The molecule has 7 rings (SSSR count). The molecule has 40 heavy (non-hydrogen) atoms. The van der Waals surface area contributed by atoms with Crippen molar-refractivity contribution in [3.8, 4) is 0 Å². The zero-order valence-electron chi connectivity index (χ0n) is 20.3. The van der Waals surface area contributed by atoms with E-state index in [1.807, 2.05) is 24.3 Å². The SMILES string of the molecule is O=C(ON1C(=O)CCC1=O)[C]1[CH][CH][CH][CH]1.O=C1N=C([O-])c2c1c1cccnc1c1[nH]c3ccccc3c21.[C-]#[O+].[Ru+2]. The Labute approximate surface area is 240 Å². The molecule has 1 N–H and O–H groups in total. The van der Waals surface area contributed by atoms with Gasteiger partial charge in [0.1, 0.15) is 0 Å². The summed E-state index contributed by atoms with van der Waals surface area (Å²) < 4.78 is 7.50. The number of hydrogen-bond acceptors (Lipinski definition) is 7. The summed E-state index contributed by atoms with van der Waals surface area (Å²) in [6, 6.07) is 11.3. The van der Waals surface area contributed by atoms with Crippen LogP contribution in [-0.4, -0.2) is 44.6 Å². The molecule has 4 aromatic rings. The number of aliphatic imine (C=N–C) groups is 1. The van der Waals surface area contributed by atoms with Crippen LogP contribution in [0.1, 0.15) is 28.8 Å². The molecule has 3 aliphatic rings. The largest absolute Gasteiger partial charge is 2.00 e. The number of rotatable bonds is 2. The van der Waals surface area contributed by atoms with E-state index in [9.17, 15) is 24.3 Å². The second-order valence-corrected chi connectivity index (χ2v) is 8.43. The van der Waals surface area contributed by atoms with Gasteiger partial charge in [0.25, 0.3) is 17.7 Å². The minimum absolute atomic E-state index is 0. The molecular formula is C28H16N4O7Ru+. The number of fused-ring (bicyclic) bond motifs is 8. The zero-order chi connectivity index (χ0) is 27.7. The Morgan fingerprint density at radius 3 is 2.33 bits per heavy atom. The number of benzene rings is 2. The molecule has 0 atom stereocenters. The third-order valence-corrected chi connectivity index (χ3v) is 6.23. The Morgan fingerprint density at radius 1 is 0.975 bits per heavy atom. The number of para-hydroxylation sites is 1. The smallest absolute Gasteiger partial charge is 2.00 e. The summed E-state index contributed by atoms with van der Waals surface area (Å²) in [4.78, 5) is 61.8. The first kappa shape index (κ1) is 28.8. The number of aromatic nitrogens is 2. The van der Waals surface area contributed by atoms with Gasteiger partial charge in [-0.05, 0) is 37.8 Å². The number of nitrogens with one attached hydrogen (secondary N) is 1. The predicted octanol–water partition coefficient (Wildman–Crippen LogP) is 2.09. The van der Waals surface area contributed by atoms with Crippen molar-refractivity contribution in [1.29, 1.82) is 0 Å². The summed E-state index contributed by atoms with van der Waals surface area (Å²) in [6.07, 6.45) is 8.33. The van der Waals surface area contributed by atoms with Gasteiger partial charge in [0.2, 0.25) is 0 Å². The van der Waals surface area contributed by atoms with Gasteiger partial charge in [-0.2, -0.15) is 0 Å². The quantitative estimate of drug-likeness (QED) is 0.155. The van der Waals surface area contributed by atoms with Crippen molar-refractivity contribution in [3.05, 3.63) is 92.0 Å². The molecule has 2 fully saturated rings. The fourth-order valence-electron chi connectivity index (χ4n) is 4.59. The van der Waals surface area contributed by atoms with Gasteiger partial charge in [0, 0.05) is 52.2 Å². The van der Waals surface area contributed by atoms with E-state index in [-0.39, 0.29) is 32.3 Å². The molecule has 0 spiro atoms. The van der Waals surface area contributed by atoms with Gasteiger partial charge < -0.3 is 14.9 Å². The second-order valence-electron chi connectivity index (χ2n) is 8.43. The topological polar surface area (TPSA) is 165 Å². The molecule has 0 unspecified atom stereocenters. The summed E-state index contributed by atoms with van der Waals surface area (Å²) in [7, 11) is 0. The number of H-pyrrole nitrogens is 1. The van der Waals surface area contributed by atoms with Crippen LogP contribution in [0.5, 0.6) is 0 Å². The number of amides is 3. The normalized spacial score (nSPS) is 16.2. The molecule has 3 amide bonds. The van der Waals surface area contributed by atoms with Crippen LogP contribution in [0.4, 0.5) is 0 Å². The summed E-state index contributed by atoms with van der Waals surface area (Å²) in [6.45, 7) is 4.50. The summed E-state index contributed by atoms with van der Waals surface area (Å²) in [5, 5.41) is 15.1. The number of nitrogens with zero attached hydrogens (tertiary/aromatic N) is 3. The third-order valence-electron chi connectivity index (χ3n) is 6.23. The van der Waals surface area contributed by atoms with Crippen molar-refractivity contribution < 1.29 is 53.3 Å². The van der Waals surface area contributed by atoms with Crippen molar-refractivity contribution in [2.75, 3.05) is 0 Å². The van der Waals surface area contributed by atoms with Gasteiger partial charge >= 0.3 is 36.7 Å². The Bertz CT molecular complexity index is 1700. The van der Waals surface area contributed by atoms with Crippen LogP contribution in [-0.2, 0) is 43.4 Å². The molecule has 0 bridgehead atoms. The van der Waals surface area contributed by atoms with Gasteiger partial charge in [-0.1, -0.05) is 24.3 Å². The maximum atomic E-state index is 12.3. The van der Waals surface area contributed by atoms with Crippen LogP contribution in [0.15, 0.2) is 47.6 Å². The number of hydrogen-bond donors (Lipinski definition) is 1. The van der Waals surface area contributed by atoms with Gasteiger partial charge in [-0.25, -0.2) is 9.79 Å². The maximum Gasteiger partial charge on any atom is 2.00 e. The Kier molecular flexibility index (Phi) is 8.54. The molecular weight excluding hydrogens is 605 g/mol. The molecule has 4 heterocycles. The first-order chi connectivity index (χ1) is 18.9. The molecule has 197 valence electrons. The monoisotopic (exact) mass is 622 g/mol. The van der Waals surface area contributed by atoms with E-state index in [2.05, 4.69) is 26.4 Å². The first-order valence-electron chi connectivity index (χ1n) is 11.6. The summed E-state index contributed by atoms with van der Waals surface area (Å²) >= 11 is 0. The van der Waals surface area contributed by atoms with Crippen molar-refractivity contribution >= 4 is 62.3 Å². The van der Waals surface area contributed by atoms with Gasteiger partial charge in [-0.15, -0.1) is 5.06 Å². The summed E-state index contributed by atoms with van der Waals surface area (Å²) in [5.74, 6) is -2.27. The van der Waals surface area contributed by atoms with Crippen LogP contribution in [0.3, 0.4) is 0 Å². The van der Waals surface area contributed by atoms with Crippen molar-refractivity contribution in [2.45, 2.75) is 12.8 Å². The molecule has 12 heteroatoms. The van der Waals surface area contributed by atoms with E-state index in [4.69, 9.17) is 4.65 Å². The van der Waals surface area contributed by atoms with E-state index in [0.29, 0.717) is 33.0 Å². The number of pyridine rings is 1. The Balaban J connectivity index is 0.000000182. The average molecular weight is 622 g/mol. The van der Waals surface area contributed by atoms with Crippen LogP contribution in [0, 0.1) is 38.3 Å². The van der Waals surface area contributed by atoms with Crippen molar-refractivity contribution in [3.63, 3.8) is 0 Å². The van der Waals surface area contributed by atoms with E-state index in [0.717, 1.165) is 21.8 Å². The fourth-order valence-corrected chi connectivity index (χ4v) is 4.59. The Hall–Kier alpha value is -4.24. The summed E-state index contributed by atoms with van der Waals surface area (Å²) in [5.41, 5.74) is 3.12. The molecule has 11 nitrogen and oxygen atoms in total. The number of carbonyl (C=O) groups is 4. The number of carbonyl (C=O) groups excluding carboxylic acids is 4. The van der Waals surface area contributed by atoms with Crippen LogP contribution in [0.25, 0.3) is 32.7 Å². The van der Waals surface area contributed by atoms with Crippen LogP contribution >= 0.6 is 0 Å². The molecule has 5 radical (unpaired) electrons. The Morgan fingerprint density at radius 2 is 1.62 bits per heavy atom. The minimum Gasteiger partial charge on any atom is 2.00 e. The standard InChI is InChI=1S/C17H9N3O2.C10H8NO4.CO.Ru/c21-16-12-9-5-3-7-18-14(9)15-11(13(12)17(22)20-16)8-4-1-2-6-10(8)19-15;12-8-5-6-9(13)11(8)15-10(14)7-3-1-2-4-7;1-2;/h1-7,19H,(H,20,21,22);1-4H,5-6H2;;/q;;;+2/p-1. The predicted molar refractivity (Wildman–Crippen MR) is 134 cm³/mol. The fraction of sp³-hybridized carbons (Fsp3) is 0.0714. The van der Waals surface area contributed by atoms with Gasteiger partial charge in [0.05, 0.1) is 22.5 Å². The van der Waals surface area contributed by atoms with Gasteiger partial charge in [-0.3, -0.25) is 19.4 Å². The van der Waals surface area contributed by atoms with E-state index < -0.39 is 29.6 Å². The molecule has 1 saturated heterocycles. The number of aromatic amines is 1. The molecule has 1 saturated carbocycles. The van der Waals surface area contributed by atoms with E-state index >= 15 is 0 Å². The second kappa shape index (κ2) is 11.9. The molecule has 2 aromatic heterocycles. The van der Waals surface area contributed by atoms with Crippen LogP contribution < -0.4 is 5.11 Å². The van der Waals surface area contributed by atoms with Crippen LogP contribution in [0.2, 0.25) is 0 Å². The number of imide groups is 1. The maximum absolute atomic E-state index is 12.3. The zero-order valence-corrected chi connectivity index (χ0v) is 22.1. The van der Waals surface area contributed by atoms with E-state index in [1.165, 1.54) is 0 Å².